The van der Waals surface area contributed by atoms with E-state index in [1.54, 1.807) is 0 Å². The third kappa shape index (κ3) is 3.72. The Morgan fingerprint density at radius 3 is 2.29 bits per heavy atom. The topological polar surface area (TPSA) is 51.8 Å². The monoisotopic (exact) mass is 418 g/mol. The Kier molecular flexibility index (Phi) is 6.09. The van der Waals surface area contributed by atoms with Crippen LogP contribution in [0.1, 0.15) is 55.5 Å². The third-order valence-electron chi connectivity index (χ3n) is 5.95. The van der Waals surface area contributed by atoms with E-state index in [0.29, 0.717) is 18.8 Å². The molecule has 0 fully saturated rings. The summed E-state index contributed by atoms with van der Waals surface area (Å²) < 4.78 is 9.65. The number of hydrogen-bond donors (Lipinski definition) is 0. The zero-order valence-corrected chi connectivity index (χ0v) is 18.7. The Hall–Kier alpha value is -3.12. The molecule has 0 spiro atoms. The molecule has 0 aliphatic rings. The second-order valence-corrected chi connectivity index (χ2v) is 7.66. The highest BCUT2D eigenvalue weighted by molar-refractivity contribution is 5.94. The summed E-state index contributed by atoms with van der Waals surface area (Å²) in [6.45, 7) is 11.0. The molecular weight excluding hydrogens is 388 g/mol. The highest BCUT2D eigenvalue weighted by Gasteiger charge is 2.30. The van der Waals surface area contributed by atoms with E-state index in [-0.39, 0.29) is 12.0 Å². The van der Waals surface area contributed by atoms with Crippen LogP contribution in [0.4, 0.5) is 0 Å². The number of ether oxygens (including phenoxy) is 1. The van der Waals surface area contributed by atoms with Gasteiger partial charge in [0.15, 0.2) is 5.69 Å². The van der Waals surface area contributed by atoms with Crippen molar-refractivity contribution in [2.45, 2.75) is 40.3 Å². The fourth-order valence-electron chi connectivity index (χ4n) is 4.38. The van der Waals surface area contributed by atoms with Crippen LogP contribution < -0.4 is 0 Å². The zero-order valence-electron chi connectivity index (χ0n) is 18.7. The summed E-state index contributed by atoms with van der Waals surface area (Å²) in [5, 5.41) is 0. The fraction of sp³-hybridized carbons (Fsp3) is 0.360. The fourth-order valence-corrected chi connectivity index (χ4v) is 4.38. The lowest BCUT2D eigenvalue weighted by Gasteiger charge is -2.25. The van der Waals surface area contributed by atoms with Gasteiger partial charge in [-0.15, -0.1) is 0 Å². The number of rotatable bonds is 8. The average Bonchev–Trinajstić information content (AvgIpc) is 3.32. The lowest BCUT2D eigenvalue weighted by atomic mass is 10.1. The molecule has 0 saturated carbocycles. The van der Waals surface area contributed by atoms with Crippen LogP contribution in [0, 0.1) is 0 Å². The molecule has 0 bridgehead atoms. The quantitative estimate of drug-likeness (QED) is 0.381. The maximum Gasteiger partial charge on any atom is 0.357 e. The first-order valence-electron chi connectivity index (χ1n) is 11.0. The van der Waals surface area contributed by atoms with Gasteiger partial charge in [-0.1, -0.05) is 56.3 Å². The van der Waals surface area contributed by atoms with Crippen LogP contribution in [-0.2, 0) is 11.3 Å². The highest BCUT2D eigenvalue weighted by atomic mass is 16.5. The van der Waals surface area contributed by atoms with E-state index in [0.717, 1.165) is 35.6 Å². The summed E-state index contributed by atoms with van der Waals surface area (Å²) in [4.78, 5) is 20.5. The molecule has 2 aromatic heterocycles. The standard InChI is InChI=1S/C25H30N4O2/c1-5-27(6-2)18(4)22-23(24(30)31-7-3)29-21-16-12-11-15-20(21)28(25(29)26-22)17-19-13-9-8-10-14-19/h8-16,18H,5-7,17H2,1-4H3. The minimum atomic E-state index is -0.327. The SMILES string of the molecule is CCOC(=O)c1c(C(C)N(CC)CC)nc2n(Cc3ccccc3)c3ccccc3n12. The molecule has 0 aliphatic carbocycles. The maximum absolute atomic E-state index is 13.1. The van der Waals surface area contributed by atoms with Crippen molar-refractivity contribution < 1.29 is 9.53 Å². The molecule has 4 rings (SSSR count). The van der Waals surface area contributed by atoms with Crippen molar-refractivity contribution in [3.05, 3.63) is 71.5 Å². The largest absolute Gasteiger partial charge is 0.461 e. The van der Waals surface area contributed by atoms with Gasteiger partial charge in [0.05, 0.1) is 35.9 Å². The van der Waals surface area contributed by atoms with Gasteiger partial charge in [-0.05, 0) is 44.6 Å². The van der Waals surface area contributed by atoms with Crippen LogP contribution in [0.15, 0.2) is 54.6 Å². The predicted molar refractivity (Wildman–Crippen MR) is 124 cm³/mol. The molecule has 6 nitrogen and oxygen atoms in total. The first-order chi connectivity index (χ1) is 15.1. The lowest BCUT2D eigenvalue weighted by molar-refractivity contribution is 0.0514. The molecule has 6 heteroatoms. The van der Waals surface area contributed by atoms with Gasteiger partial charge in [0.25, 0.3) is 0 Å². The second kappa shape index (κ2) is 8.94. The number of para-hydroxylation sites is 2. The Morgan fingerprint density at radius 2 is 1.65 bits per heavy atom. The number of carbonyl (C=O) groups excluding carboxylic acids is 1. The van der Waals surface area contributed by atoms with Crippen LogP contribution in [0.3, 0.4) is 0 Å². The number of nitrogens with zero attached hydrogens (tertiary/aromatic N) is 4. The van der Waals surface area contributed by atoms with Gasteiger partial charge in [0, 0.05) is 0 Å². The summed E-state index contributed by atoms with van der Waals surface area (Å²) in [5.41, 5.74) is 4.48. The molecule has 1 atom stereocenters. The van der Waals surface area contributed by atoms with Crippen LogP contribution >= 0.6 is 0 Å². The minimum absolute atomic E-state index is 0.00163. The van der Waals surface area contributed by atoms with Gasteiger partial charge in [-0.25, -0.2) is 9.78 Å². The first kappa shape index (κ1) is 21.1. The molecule has 0 N–H and O–H groups in total. The van der Waals surface area contributed by atoms with Crippen LogP contribution in [0.5, 0.6) is 0 Å². The summed E-state index contributed by atoms with van der Waals surface area (Å²) in [7, 11) is 0. The normalized spacial score (nSPS) is 12.7. The van der Waals surface area contributed by atoms with E-state index in [2.05, 4.69) is 48.4 Å². The summed E-state index contributed by atoms with van der Waals surface area (Å²) in [5.74, 6) is 0.439. The second-order valence-electron chi connectivity index (χ2n) is 7.66. The van der Waals surface area contributed by atoms with E-state index in [4.69, 9.17) is 9.72 Å². The molecule has 2 aromatic carbocycles. The maximum atomic E-state index is 13.1. The number of benzene rings is 2. The number of hydrogen-bond acceptors (Lipinski definition) is 4. The van der Waals surface area contributed by atoms with Crippen molar-refractivity contribution in [1.82, 2.24) is 18.9 Å². The van der Waals surface area contributed by atoms with Crippen molar-refractivity contribution in [2.24, 2.45) is 0 Å². The molecule has 31 heavy (non-hydrogen) atoms. The van der Waals surface area contributed by atoms with Gasteiger partial charge >= 0.3 is 5.97 Å². The molecule has 0 amide bonds. The molecule has 1 unspecified atom stereocenters. The van der Waals surface area contributed by atoms with Crippen molar-refractivity contribution in [3.63, 3.8) is 0 Å². The van der Waals surface area contributed by atoms with Gasteiger partial charge in [-0.2, -0.15) is 0 Å². The first-order valence-corrected chi connectivity index (χ1v) is 11.0. The van der Waals surface area contributed by atoms with Crippen molar-refractivity contribution in [3.8, 4) is 0 Å². The van der Waals surface area contributed by atoms with E-state index in [9.17, 15) is 4.79 Å². The Labute approximate surface area is 183 Å². The lowest BCUT2D eigenvalue weighted by Crippen LogP contribution is -2.28. The molecule has 162 valence electrons. The molecule has 0 aliphatic heterocycles. The number of esters is 1. The molecule has 4 aromatic rings. The molecule has 2 heterocycles. The van der Waals surface area contributed by atoms with Gasteiger partial charge in [-0.3, -0.25) is 9.30 Å². The smallest absolute Gasteiger partial charge is 0.357 e. The Balaban J connectivity index is 2.00. The van der Waals surface area contributed by atoms with Crippen LogP contribution in [0.2, 0.25) is 0 Å². The number of fused-ring (bicyclic) bond motifs is 3. The minimum Gasteiger partial charge on any atom is -0.461 e. The van der Waals surface area contributed by atoms with E-state index >= 15 is 0 Å². The van der Waals surface area contributed by atoms with Gasteiger partial charge in [0.1, 0.15) is 0 Å². The zero-order chi connectivity index (χ0) is 22.0. The summed E-state index contributed by atoms with van der Waals surface area (Å²) in [6.07, 6.45) is 0. The van der Waals surface area contributed by atoms with Crippen molar-refractivity contribution >= 4 is 22.8 Å². The summed E-state index contributed by atoms with van der Waals surface area (Å²) in [6, 6.07) is 18.5. The average molecular weight is 419 g/mol. The third-order valence-corrected chi connectivity index (χ3v) is 5.95. The molecular formula is C25H30N4O2. The number of carbonyl (C=O) groups is 1. The molecule has 0 saturated heterocycles. The predicted octanol–water partition coefficient (Wildman–Crippen LogP) is 4.92. The van der Waals surface area contributed by atoms with E-state index in [1.807, 2.05) is 47.7 Å². The Bertz CT molecular complexity index is 1190. The van der Waals surface area contributed by atoms with Crippen LogP contribution in [0.25, 0.3) is 16.8 Å². The summed E-state index contributed by atoms with van der Waals surface area (Å²) >= 11 is 0. The van der Waals surface area contributed by atoms with Gasteiger partial charge < -0.3 is 9.30 Å². The van der Waals surface area contributed by atoms with Gasteiger partial charge in [0.2, 0.25) is 5.78 Å². The van der Waals surface area contributed by atoms with E-state index < -0.39 is 0 Å². The Morgan fingerprint density at radius 1 is 1.00 bits per heavy atom. The molecule has 0 radical (unpaired) electrons. The highest BCUT2D eigenvalue weighted by Crippen LogP contribution is 2.30. The van der Waals surface area contributed by atoms with E-state index in [1.165, 1.54) is 5.56 Å². The number of imidazole rings is 2. The number of aromatic nitrogens is 3. The van der Waals surface area contributed by atoms with Crippen molar-refractivity contribution in [1.29, 1.82) is 0 Å². The van der Waals surface area contributed by atoms with Crippen molar-refractivity contribution in [2.75, 3.05) is 19.7 Å². The van der Waals surface area contributed by atoms with Crippen LogP contribution in [-0.4, -0.2) is 44.5 Å².